The normalized spacial score (nSPS) is 21.8. The zero-order chi connectivity index (χ0) is 11.1. The van der Waals surface area contributed by atoms with Crippen molar-refractivity contribution >= 4 is 0 Å². The number of hydrogen-bond donors (Lipinski definition) is 0. The predicted molar refractivity (Wildman–Crippen MR) is 61.0 cm³/mol. The number of methoxy groups -OCH3 is 1. The zero-order valence-electron chi connectivity index (χ0n) is 10.2. The van der Waals surface area contributed by atoms with E-state index in [9.17, 15) is 0 Å². The summed E-state index contributed by atoms with van der Waals surface area (Å²) in [5.74, 6) is 0. The Kier molecular flexibility index (Phi) is 6.17. The Morgan fingerprint density at radius 3 is 2.40 bits per heavy atom. The van der Waals surface area contributed by atoms with Gasteiger partial charge in [-0.05, 0) is 14.0 Å². The van der Waals surface area contributed by atoms with Crippen molar-refractivity contribution in [1.29, 1.82) is 0 Å². The van der Waals surface area contributed by atoms with Crippen LogP contribution >= 0.6 is 0 Å². The number of piperazine rings is 1. The molecule has 0 aliphatic carbocycles. The fourth-order valence-electron chi connectivity index (χ4n) is 1.81. The summed E-state index contributed by atoms with van der Waals surface area (Å²) >= 11 is 0. The van der Waals surface area contributed by atoms with Crippen LogP contribution in [0.4, 0.5) is 0 Å². The van der Waals surface area contributed by atoms with Gasteiger partial charge in [0.25, 0.3) is 0 Å². The lowest BCUT2D eigenvalue weighted by molar-refractivity contribution is -0.126. The molecule has 0 bridgehead atoms. The second-order valence-corrected chi connectivity index (χ2v) is 4.05. The summed E-state index contributed by atoms with van der Waals surface area (Å²) < 4.78 is 10.7. The maximum atomic E-state index is 5.44. The molecule has 1 unspecified atom stereocenters. The van der Waals surface area contributed by atoms with Crippen molar-refractivity contribution in [3.05, 3.63) is 0 Å². The predicted octanol–water partition coefficient (Wildman–Crippen LogP) is 0.633. The maximum Gasteiger partial charge on any atom is 0.158 e. The molecule has 1 atom stereocenters. The summed E-state index contributed by atoms with van der Waals surface area (Å²) in [5, 5.41) is 0. The molecule has 1 rings (SSSR count). The van der Waals surface area contributed by atoms with E-state index in [4.69, 9.17) is 9.47 Å². The summed E-state index contributed by atoms with van der Waals surface area (Å²) in [6.45, 7) is 8.48. The quantitative estimate of drug-likeness (QED) is 0.608. The lowest BCUT2D eigenvalue weighted by Gasteiger charge is -2.32. The van der Waals surface area contributed by atoms with Gasteiger partial charge >= 0.3 is 0 Å². The van der Waals surface area contributed by atoms with E-state index in [1.54, 1.807) is 7.11 Å². The van der Waals surface area contributed by atoms with Crippen molar-refractivity contribution in [3.8, 4) is 0 Å². The van der Waals surface area contributed by atoms with Crippen LogP contribution in [0, 0.1) is 0 Å². The molecule has 1 saturated heterocycles. The van der Waals surface area contributed by atoms with Crippen LogP contribution in [0.15, 0.2) is 0 Å². The Morgan fingerprint density at radius 2 is 1.87 bits per heavy atom. The molecule has 1 fully saturated rings. The van der Waals surface area contributed by atoms with E-state index in [1.807, 2.05) is 6.92 Å². The molecule has 0 saturated carbocycles. The fourth-order valence-corrected chi connectivity index (χ4v) is 1.81. The van der Waals surface area contributed by atoms with Gasteiger partial charge in [0.15, 0.2) is 6.29 Å². The molecule has 4 heteroatoms. The molecule has 1 heterocycles. The van der Waals surface area contributed by atoms with E-state index in [-0.39, 0.29) is 6.29 Å². The van der Waals surface area contributed by atoms with Crippen molar-refractivity contribution in [1.82, 2.24) is 9.80 Å². The van der Waals surface area contributed by atoms with Gasteiger partial charge in [0, 0.05) is 52.9 Å². The first-order chi connectivity index (χ1) is 7.26. The molecular weight excluding hydrogens is 192 g/mol. The Morgan fingerprint density at radius 1 is 1.20 bits per heavy atom. The van der Waals surface area contributed by atoms with E-state index in [0.29, 0.717) is 0 Å². The Bertz CT molecular complexity index is 159. The van der Waals surface area contributed by atoms with Gasteiger partial charge < -0.3 is 19.3 Å². The van der Waals surface area contributed by atoms with Crippen molar-refractivity contribution in [2.45, 2.75) is 19.6 Å². The summed E-state index contributed by atoms with van der Waals surface area (Å²) in [4.78, 5) is 4.85. The Labute approximate surface area is 93.1 Å². The van der Waals surface area contributed by atoms with Crippen LogP contribution in [0.3, 0.4) is 0 Å². The minimum Gasteiger partial charge on any atom is -0.356 e. The average Bonchev–Trinajstić information content (AvgIpc) is 2.26. The molecule has 1 aliphatic rings. The van der Waals surface area contributed by atoms with Gasteiger partial charge in [-0.15, -0.1) is 0 Å². The molecule has 0 radical (unpaired) electrons. The van der Waals surface area contributed by atoms with Gasteiger partial charge in [-0.25, -0.2) is 0 Å². The number of hydrogen-bond acceptors (Lipinski definition) is 4. The summed E-state index contributed by atoms with van der Waals surface area (Å²) in [6, 6.07) is 0. The molecule has 15 heavy (non-hydrogen) atoms. The third-order valence-electron chi connectivity index (χ3n) is 2.89. The smallest absolute Gasteiger partial charge is 0.158 e. The SMILES string of the molecule is CCOC(CCN1CCN(C)CC1)OC. The lowest BCUT2D eigenvalue weighted by atomic mass is 10.3. The van der Waals surface area contributed by atoms with E-state index in [1.165, 1.54) is 26.2 Å². The van der Waals surface area contributed by atoms with Crippen molar-refractivity contribution < 1.29 is 9.47 Å². The molecule has 1 aliphatic heterocycles. The van der Waals surface area contributed by atoms with E-state index >= 15 is 0 Å². The van der Waals surface area contributed by atoms with E-state index in [0.717, 1.165) is 19.6 Å². The second kappa shape index (κ2) is 7.17. The highest BCUT2D eigenvalue weighted by Crippen LogP contribution is 2.04. The molecule has 0 spiro atoms. The Hall–Kier alpha value is -0.160. The lowest BCUT2D eigenvalue weighted by Crippen LogP contribution is -2.45. The molecule has 0 aromatic rings. The zero-order valence-corrected chi connectivity index (χ0v) is 10.2. The maximum absolute atomic E-state index is 5.44. The summed E-state index contributed by atoms with van der Waals surface area (Å²) in [6.07, 6.45) is 0.934. The monoisotopic (exact) mass is 216 g/mol. The van der Waals surface area contributed by atoms with Gasteiger partial charge in [0.05, 0.1) is 0 Å². The van der Waals surface area contributed by atoms with Gasteiger partial charge in [0.1, 0.15) is 0 Å². The highest BCUT2D eigenvalue weighted by Gasteiger charge is 2.15. The number of nitrogens with zero attached hydrogens (tertiary/aromatic N) is 2. The molecule has 90 valence electrons. The van der Waals surface area contributed by atoms with Crippen LogP contribution in [0.1, 0.15) is 13.3 Å². The first-order valence-corrected chi connectivity index (χ1v) is 5.81. The van der Waals surface area contributed by atoms with Crippen LogP contribution in [-0.4, -0.2) is 69.6 Å². The van der Waals surface area contributed by atoms with Crippen molar-refractivity contribution in [3.63, 3.8) is 0 Å². The van der Waals surface area contributed by atoms with Crippen LogP contribution in [-0.2, 0) is 9.47 Å². The van der Waals surface area contributed by atoms with E-state index < -0.39 is 0 Å². The van der Waals surface area contributed by atoms with Gasteiger partial charge in [0.2, 0.25) is 0 Å². The summed E-state index contributed by atoms with van der Waals surface area (Å²) in [5.41, 5.74) is 0. The highest BCUT2D eigenvalue weighted by molar-refractivity contribution is 4.69. The molecular formula is C11H24N2O2. The fraction of sp³-hybridized carbons (Fsp3) is 1.00. The first-order valence-electron chi connectivity index (χ1n) is 5.81. The average molecular weight is 216 g/mol. The highest BCUT2D eigenvalue weighted by atomic mass is 16.7. The number of likely N-dealkylation sites (N-methyl/N-ethyl adjacent to an activating group) is 1. The molecule has 0 aromatic heterocycles. The third-order valence-corrected chi connectivity index (χ3v) is 2.89. The van der Waals surface area contributed by atoms with E-state index in [2.05, 4.69) is 16.8 Å². The second-order valence-electron chi connectivity index (χ2n) is 4.05. The van der Waals surface area contributed by atoms with Crippen molar-refractivity contribution in [2.75, 3.05) is 53.5 Å². The van der Waals surface area contributed by atoms with Crippen LogP contribution < -0.4 is 0 Å². The topological polar surface area (TPSA) is 24.9 Å². The molecule has 0 aromatic carbocycles. The minimum absolute atomic E-state index is 0.0327. The largest absolute Gasteiger partial charge is 0.356 e. The molecule has 0 N–H and O–H groups in total. The van der Waals surface area contributed by atoms with Crippen LogP contribution in [0.2, 0.25) is 0 Å². The molecule has 4 nitrogen and oxygen atoms in total. The minimum atomic E-state index is -0.0327. The van der Waals surface area contributed by atoms with Gasteiger partial charge in [-0.3, -0.25) is 0 Å². The number of ether oxygens (including phenoxy) is 2. The standard InChI is InChI=1S/C11H24N2O2/c1-4-15-11(14-3)5-6-13-9-7-12(2)8-10-13/h11H,4-10H2,1-3H3. The van der Waals surface area contributed by atoms with Crippen LogP contribution in [0.5, 0.6) is 0 Å². The molecule has 0 amide bonds. The third kappa shape index (κ3) is 4.93. The number of rotatable bonds is 6. The first kappa shape index (κ1) is 12.9. The van der Waals surface area contributed by atoms with Gasteiger partial charge in [-0.2, -0.15) is 0 Å². The summed E-state index contributed by atoms with van der Waals surface area (Å²) in [7, 11) is 3.89. The van der Waals surface area contributed by atoms with Gasteiger partial charge in [-0.1, -0.05) is 0 Å². The van der Waals surface area contributed by atoms with Crippen LogP contribution in [0.25, 0.3) is 0 Å². The Balaban J connectivity index is 2.12. The van der Waals surface area contributed by atoms with Crippen molar-refractivity contribution in [2.24, 2.45) is 0 Å².